The maximum atomic E-state index is 11.8. The van der Waals surface area contributed by atoms with Crippen LogP contribution in [0.15, 0.2) is 18.3 Å². The van der Waals surface area contributed by atoms with Gasteiger partial charge in [0.15, 0.2) is 0 Å². The molecule has 0 aliphatic carbocycles. The van der Waals surface area contributed by atoms with Crippen LogP contribution < -0.4 is 10.6 Å². The Morgan fingerprint density at radius 1 is 1.59 bits per heavy atom. The fourth-order valence-corrected chi connectivity index (χ4v) is 1.87. The lowest BCUT2D eigenvalue weighted by Crippen LogP contribution is -2.52. The number of aliphatic hydroxyl groups is 1. The van der Waals surface area contributed by atoms with E-state index in [-0.39, 0.29) is 11.9 Å². The number of β-amino-alcohol motifs (C(OH)–C–C–N with tert-alkyl or cyclic N) is 1. The van der Waals surface area contributed by atoms with Gasteiger partial charge in [0.05, 0.1) is 17.2 Å². The summed E-state index contributed by atoms with van der Waals surface area (Å²) in [5.41, 5.74) is 0.306. The fourth-order valence-electron chi connectivity index (χ4n) is 1.76. The third-order valence-electron chi connectivity index (χ3n) is 2.73. The maximum Gasteiger partial charge on any atom is 0.270 e. The van der Waals surface area contributed by atoms with E-state index in [2.05, 4.69) is 15.6 Å². The number of piperidine rings is 1. The lowest BCUT2D eigenvalue weighted by molar-refractivity contribution is 0.0761. The van der Waals surface area contributed by atoms with Crippen LogP contribution >= 0.6 is 11.6 Å². The van der Waals surface area contributed by atoms with E-state index < -0.39 is 6.10 Å². The van der Waals surface area contributed by atoms with Gasteiger partial charge in [0, 0.05) is 12.7 Å². The predicted octanol–water partition coefficient (Wildman–Crippen LogP) is 0.188. The summed E-state index contributed by atoms with van der Waals surface area (Å²) in [6.07, 6.45) is 1.58. The lowest BCUT2D eigenvalue weighted by atomic mass is 10.0. The van der Waals surface area contributed by atoms with Crippen LogP contribution in [0.5, 0.6) is 0 Å². The molecule has 1 aliphatic rings. The summed E-state index contributed by atoms with van der Waals surface area (Å²) < 4.78 is 0. The van der Waals surface area contributed by atoms with Gasteiger partial charge in [-0.25, -0.2) is 4.98 Å². The van der Waals surface area contributed by atoms with Crippen molar-refractivity contribution in [3.63, 3.8) is 0 Å². The van der Waals surface area contributed by atoms with E-state index in [1.165, 1.54) is 6.20 Å². The Kier molecular flexibility index (Phi) is 3.93. The molecule has 2 atom stereocenters. The van der Waals surface area contributed by atoms with Gasteiger partial charge in [0.25, 0.3) is 5.91 Å². The zero-order valence-corrected chi connectivity index (χ0v) is 9.94. The molecule has 17 heavy (non-hydrogen) atoms. The smallest absolute Gasteiger partial charge is 0.270 e. The third kappa shape index (κ3) is 3.15. The highest BCUT2D eigenvalue weighted by atomic mass is 35.5. The number of amides is 1. The number of halogens is 1. The molecule has 2 heterocycles. The van der Waals surface area contributed by atoms with Crippen LogP contribution in [0.25, 0.3) is 0 Å². The molecule has 1 aromatic rings. The number of carbonyl (C=O) groups excluding carboxylic acids is 1. The highest BCUT2D eigenvalue weighted by molar-refractivity contribution is 6.30. The Balaban J connectivity index is 1.98. The van der Waals surface area contributed by atoms with Gasteiger partial charge >= 0.3 is 0 Å². The summed E-state index contributed by atoms with van der Waals surface area (Å²) in [7, 11) is 0. The Morgan fingerprint density at radius 2 is 2.41 bits per heavy atom. The minimum Gasteiger partial charge on any atom is -0.390 e. The number of hydrogen-bond donors (Lipinski definition) is 3. The topological polar surface area (TPSA) is 74.2 Å². The molecule has 92 valence electrons. The highest BCUT2D eigenvalue weighted by Crippen LogP contribution is 2.08. The summed E-state index contributed by atoms with van der Waals surface area (Å²) >= 11 is 5.69. The first kappa shape index (κ1) is 12.3. The van der Waals surface area contributed by atoms with E-state index in [1.54, 1.807) is 12.1 Å². The molecule has 0 bridgehead atoms. The van der Waals surface area contributed by atoms with Crippen molar-refractivity contribution < 1.29 is 9.90 Å². The first-order valence-electron chi connectivity index (χ1n) is 5.48. The van der Waals surface area contributed by atoms with Crippen molar-refractivity contribution in [2.24, 2.45) is 0 Å². The van der Waals surface area contributed by atoms with Gasteiger partial charge in [-0.2, -0.15) is 0 Å². The van der Waals surface area contributed by atoms with E-state index in [0.29, 0.717) is 23.7 Å². The molecule has 5 nitrogen and oxygen atoms in total. The second kappa shape index (κ2) is 5.44. The van der Waals surface area contributed by atoms with Gasteiger partial charge in [0.1, 0.15) is 5.69 Å². The molecule has 3 N–H and O–H groups in total. The Morgan fingerprint density at radius 3 is 3.06 bits per heavy atom. The third-order valence-corrected chi connectivity index (χ3v) is 2.95. The van der Waals surface area contributed by atoms with Crippen molar-refractivity contribution in [1.29, 1.82) is 0 Å². The van der Waals surface area contributed by atoms with Gasteiger partial charge < -0.3 is 15.7 Å². The maximum absolute atomic E-state index is 11.8. The van der Waals surface area contributed by atoms with Gasteiger partial charge in [-0.05, 0) is 25.1 Å². The van der Waals surface area contributed by atoms with Gasteiger partial charge in [-0.1, -0.05) is 11.6 Å². The Labute approximate surface area is 104 Å². The van der Waals surface area contributed by atoms with Crippen molar-refractivity contribution in [2.45, 2.75) is 18.6 Å². The van der Waals surface area contributed by atoms with Crippen molar-refractivity contribution >= 4 is 17.5 Å². The standard InChI is InChI=1S/C11H14ClN3O2/c12-7-1-2-9(14-5-7)11(17)15-8-3-4-13-6-10(8)16/h1-2,5,8,10,13,16H,3-4,6H2,(H,15,17). The van der Waals surface area contributed by atoms with Crippen LogP contribution in [0.3, 0.4) is 0 Å². The Hall–Kier alpha value is -1.17. The van der Waals surface area contributed by atoms with E-state index >= 15 is 0 Å². The largest absolute Gasteiger partial charge is 0.390 e. The van der Waals surface area contributed by atoms with Crippen molar-refractivity contribution in [1.82, 2.24) is 15.6 Å². The van der Waals surface area contributed by atoms with Gasteiger partial charge in [-0.3, -0.25) is 4.79 Å². The second-order valence-electron chi connectivity index (χ2n) is 4.00. The minimum absolute atomic E-state index is 0.221. The van der Waals surface area contributed by atoms with Crippen molar-refractivity contribution in [3.8, 4) is 0 Å². The zero-order chi connectivity index (χ0) is 12.3. The predicted molar refractivity (Wildman–Crippen MR) is 64.0 cm³/mol. The second-order valence-corrected chi connectivity index (χ2v) is 4.44. The molecule has 2 unspecified atom stereocenters. The fraction of sp³-hybridized carbons (Fsp3) is 0.455. The van der Waals surface area contributed by atoms with Crippen LogP contribution in [-0.2, 0) is 0 Å². The number of pyridine rings is 1. The van der Waals surface area contributed by atoms with Crippen LogP contribution in [0.2, 0.25) is 5.02 Å². The average molecular weight is 256 g/mol. The molecule has 0 radical (unpaired) electrons. The number of carbonyl (C=O) groups is 1. The van der Waals surface area contributed by atoms with E-state index in [0.717, 1.165) is 6.54 Å². The first-order chi connectivity index (χ1) is 8.16. The van der Waals surface area contributed by atoms with E-state index in [9.17, 15) is 9.90 Å². The number of nitrogens with one attached hydrogen (secondary N) is 2. The average Bonchev–Trinajstić information content (AvgIpc) is 2.33. The Bertz CT molecular complexity index is 396. The minimum atomic E-state index is -0.556. The molecule has 6 heteroatoms. The number of hydrogen-bond acceptors (Lipinski definition) is 4. The molecule has 0 saturated carbocycles. The number of nitrogens with zero attached hydrogens (tertiary/aromatic N) is 1. The van der Waals surface area contributed by atoms with E-state index in [4.69, 9.17) is 11.6 Å². The van der Waals surface area contributed by atoms with Gasteiger partial charge in [-0.15, -0.1) is 0 Å². The number of aromatic nitrogens is 1. The summed E-state index contributed by atoms with van der Waals surface area (Å²) in [4.78, 5) is 15.7. The first-order valence-corrected chi connectivity index (χ1v) is 5.86. The monoisotopic (exact) mass is 255 g/mol. The SMILES string of the molecule is O=C(NC1CCNCC1O)c1ccc(Cl)cn1. The van der Waals surface area contributed by atoms with Crippen LogP contribution in [0.1, 0.15) is 16.9 Å². The quantitative estimate of drug-likeness (QED) is 0.705. The van der Waals surface area contributed by atoms with Crippen molar-refractivity contribution in [3.05, 3.63) is 29.0 Å². The molecule has 1 saturated heterocycles. The molecule has 2 rings (SSSR count). The highest BCUT2D eigenvalue weighted by Gasteiger charge is 2.24. The molecular weight excluding hydrogens is 242 g/mol. The number of aliphatic hydroxyl groups excluding tert-OH is 1. The summed E-state index contributed by atoms with van der Waals surface area (Å²) in [5, 5.41) is 16.0. The number of rotatable bonds is 2. The van der Waals surface area contributed by atoms with Crippen LogP contribution in [-0.4, -0.2) is 41.2 Å². The summed E-state index contributed by atoms with van der Waals surface area (Å²) in [5.74, 6) is -0.285. The van der Waals surface area contributed by atoms with Crippen LogP contribution in [0.4, 0.5) is 0 Å². The summed E-state index contributed by atoms with van der Waals surface area (Å²) in [6.45, 7) is 1.29. The molecule has 0 spiro atoms. The molecule has 1 amide bonds. The van der Waals surface area contributed by atoms with E-state index in [1.807, 2.05) is 0 Å². The van der Waals surface area contributed by atoms with Gasteiger partial charge in [0.2, 0.25) is 0 Å². The zero-order valence-electron chi connectivity index (χ0n) is 9.19. The van der Waals surface area contributed by atoms with Crippen LogP contribution in [0, 0.1) is 0 Å². The molecule has 1 aromatic heterocycles. The molecule has 1 fully saturated rings. The molecule has 1 aliphatic heterocycles. The summed E-state index contributed by atoms with van der Waals surface area (Å²) in [6, 6.07) is 2.95. The molecular formula is C11H14ClN3O2. The normalized spacial score (nSPS) is 24.4. The molecule has 0 aromatic carbocycles. The van der Waals surface area contributed by atoms with Crippen molar-refractivity contribution in [2.75, 3.05) is 13.1 Å². The lowest BCUT2D eigenvalue weighted by Gasteiger charge is -2.28.